The molecular formula is C26H28N2O3S. The number of nitrogens with zero attached hydrogens (tertiary/aromatic N) is 2. The number of ether oxygens (including phenoxy) is 1. The maximum atomic E-state index is 13.3. The van der Waals surface area contributed by atoms with E-state index >= 15 is 0 Å². The molecule has 0 atom stereocenters. The lowest BCUT2D eigenvalue weighted by Gasteiger charge is -2.27. The molecule has 0 aliphatic carbocycles. The van der Waals surface area contributed by atoms with Crippen molar-refractivity contribution < 1.29 is 14.3 Å². The van der Waals surface area contributed by atoms with Gasteiger partial charge >= 0.3 is 0 Å². The van der Waals surface area contributed by atoms with E-state index in [0.717, 1.165) is 21.8 Å². The van der Waals surface area contributed by atoms with E-state index in [-0.39, 0.29) is 24.8 Å². The lowest BCUT2D eigenvalue weighted by molar-refractivity contribution is -0.140. The van der Waals surface area contributed by atoms with Crippen LogP contribution in [-0.2, 0) is 29.1 Å². The van der Waals surface area contributed by atoms with Gasteiger partial charge in [-0.15, -0.1) is 17.9 Å². The molecule has 1 aromatic heterocycles. The van der Waals surface area contributed by atoms with Gasteiger partial charge < -0.3 is 14.5 Å². The van der Waals surface area contributed by atoms with Crippen LogP contribution >= 0.6 is 11.3 Å². The van der Waals surface area contributed by atoms with E-state index in [0.29, 0.717) is 19.6 Å². The Morgan fingerprint density at radius 2 is 1.66 bits per heavy atom. The molecule has 0 saturated carbocycles. The largest absolute Gasteiger partial charge is 0.497 e. The summed E-state index contributed by atoms with van der Waals surface area (Å²) in [5.74, 6) is 0.538. The highest BCUT2D eigenvalue weighted by Crippen LogP contribution is 2.16. The third-order valence-electron chi connectivity index (χ3n) is 5.04. The Labute approximate surface area is 193 Å². The van der Waals surface area contributed by atoms with Gasteiger partial charge in [-0.1, -0.05) is 54.6 Å². The molecule has 3 rings (SSSR count). The predicted octanol–water partition coefficient (Wildman–Crippen LogP) is 4.54. The summed E-state index contributed by atoms with van der Waals surface area (Å²) in [5, 5.41) is 2.00. The molecule has 5 nitrogen and oxygen atoms in total. The molecule has 0 aliphatic rings. The van der Waals surface area contributed by atoms with Crippen molar-refractivity contribution >= 4 is 23.2 Å². The number of hydrogen-bond acceptors (Lipinski definition) is 4. The molecule has 6 heteroatoms. The van der Waals surface area contributed by atoms with Crippen molar-refractivity contribution in [3.05, 3.63) is 101 Å². The molecule has 166 valence electrons. The van der Waals surface area contributed by atoms with Gasteiger partial charge in [0.15, 0.2) is 0 Å². The van der Waals surface area contributed by atoms with Crippen molar-refractivity contribution in [2.24, 2.45) is 0 Å². The molecule has 0 spiro atoms. The van der Waals surface area contributed by atoms with Gasteiger partial charge in [0.25, 0.3) is 0 Å². The van der Waals surface area contributed by atoms with Crippen LogP contribution in [0.2, 0.25) is 0 Å². The first-order chi connectivity index (χ1) is 15.6. The number of methoxy groups -OCH3 is 1. The molecular weight excluding hydrogens is 420 g/mol. The first kappa shape index (κ1) is 23.3. The van der Waals surface area contributed by atoms with Gasteiger partial charge in [0.2, 0.25) is 11.8 Å². The first-order valence-electron chi connectivity index (χ1n) is 10.4. The minimum absolute atomic E-state index is 0.0131. The van der Waals surface area contributed by atoms with E-state index in [4.69, 9.17) is 4.74 Å². The smallest absolute Gasteiger partial charge is 0.242 e. The third-order valence-corrected chi connectivity index (χ3v) is 5.90. The molecule has 0 fully saturated rings. The van der Waals surface area contributed by atoms with E-state index in [9.17, 15) is 9.59 Å². The van der Waals surface area contributed by atoms with Gasteiger partial charge in [0.05, 0.1) is 20.1 Å². The number of thiophene rings is 1. The molecule has 0 bridgehead atoms. The van der Waals surface area contributed by atoms with Crippen LogP contribution in [0.15, 0.2) is 84.8 Å². The van der Waals surface area contributed by atoms with E-state index in [2.05, 4.69) is 6.58 Å². The van der Waals surface area contributed by atoms with Crippen LogP contribution in [0.3, 0.4) is 0 Å². The summed E-state index contributed by atoms with van der Waals surface area (Å²) < 4.78 is 5.17. The maximum Gasteiger partial charge on any atom is 0.242 e. The van der Waals surface area contributed by atoms with Crippen LogP contribution in [0, 0.1) is 0 Å². The molecule has 0 radical (unpaired) electrons. The zero-order valence-corrected chi connectivity index (χ0v) is 19.1. The summed E-state index contributed by atoms with van der Waals surface area (Å²) in [6.07, 6.45) is 1.87. The van der Waals surface area contributed by atoms with Gasteiger partial charge in [0, 0.05) is 18.0 Å². The Morgan fingerprint density at radius 1 is 0.906 bits per heavy atom. The molecule has 3 aromatic rings. The average molecular weight is 449 g/mol. The number of benzene rings is 2. The van der Waals surface area contributed by atoms with Crippen molar-refractivity contribution in [3.63, 3.8) is 0 Å². The SMILES string of the molecule is C=CCN(CC(=O)N(Cc1ccccc1)Cc1cccs1)C(=O)Cc1ccc(OC)cc1. The van der Waals surface area contributed by atoms with Crippen molar-refractivity contribution in [2.45, 2.75) is 19.5 Å². The van der Waals surface area contributed by atoms with Crippen molar-refractivity contribution in [1.82, 2.24) is 9.80 Å². The fourth-order valence-corrected chi connectivity index (χ4v) is 4.05. The minimum atomic E-state index is -0.112. The minimum Gasteiger partial charge on any atom is -0.497 e. The molecule has 32 heavy (non-hydrogen) atoms. The molecule has 0 unspecified atom stereocenters. The van der Waals surface area contributed by atoms with E-state index < -0.39 is 0 Å². The van der Waals surface area contributed by atoms with Crippen LogP contribution < -0.4 is 4.74 Å². The van der Waals surface area contributed by atoms with Crippen LogP contribution in [0.1, 0.15) is 16.0 Å². The Hall–Kier alpha value is -3.38. The van der Waals surface area contributed by atoms with Gasteiger partial charge in [0.1, 0.15) is 12.3 Å². The van der Waals surface area contributed by atoms with Crippen molar-refractivity contribution in [2.75, 3.05) is 20.2 Å². The number of rotatable bonds is 11. The zero-order valence-electron chi connectivity index (χ0n) is 18.3. The number of carbonyl (C=O) groups is 2. The third kappa shape index (κ3) is 6.82. The molecule has 0 N–H and O–H groups in total. The highest BCUT2D eigenvalue weighted by atomic mass is 32.1. The van der Waals surface area contributed by atoms with Crippen LogP contribution in [-0.4, -0.2) is 41.8 Å². The first-order valence-corrected chi connectivity index (χ1v) is 11.3. The second-order valence-electron chi connectivity index (χ2n) is 7.40. The molecule has 1 heterocycles. The van der Waals surface area contributed by atoms with E-state index in [1.807, 2.05) is 72.1 Å². The number of carbonyl (C=O) groups excluding carboxylic acids is 2. The van der Waals surface area contributed by atoms with Crippen molar-refractivity contribution in [1.29, 1.82) is 0 Å². The van der Waals surface area contributed by atoms with E-state index in [1.165, 1.54) is 0 Å². The Kier molecular flexibility index (Phi) is 8.63. The molecule has 0 saturated heterocycles. The fourth-order valence-electron chi connectivity index (χ4n) is 3.33. The van der Waals surface area contributed by atoms with Crippen LogP contribution in [0.4, 0.5) is 0 Å². The molecule has 0 aliphatic heterocycles. The summed E-state index contributed by atoms with van der Waals surface area (Å²) in [5.41, 5.74) is 1.93. The van der Waals surface area contributed by atoms with Crippen molar-refractivity contribution in [3.8, 4) is 5.75 Å². The van der Waals surface area contributed by atoms with Gasteiger partial charge in [-0.05, 0) is 34.7 Å². The lowest BCUT2D eigenvalue weighted by Crippen LogP contribution is -2.43. The Morgan fingerprint density at radius 3 is 2.28 bits per heavy atom. The Bertz CT molecular complexity index is 1000. The summed E-state index contributed by atoms with van der Waals surface area (Å²) in [7, 11) is 1.61. The highest BCUT2D eigenvalue weighted by Gasteiger charge is 2.21. The van der Waals surface area contributed by atoms with E-state index in [1.54, 1.807) is 34.3 Å². The number of hydrogen-bond donors (Lipinski definition) is 0. The molecule has 2 amide bonds. The summed E-state index contributed by atoms with van der Waals surface area (Å²) >= 11 is 1.62. The summed E-state index contributed by atoms with van der Waals surface area (Å²) in [4.78, 5) is 30.7. The van der Waals surface area contributed by atoms with Crippen LogP contribution in [0.5, 0.6) is 5.75 Å². The van der Waals surface area contributed by atoms with Gasteiger partial charge in [-0.25, -0.2) is 0 Å². The average Bonchev–Trinajstić information content (AvgIpc) is 3.32. The van der Waals surface area contributed by atoms with Gasteiger partial charge in [-0.2, -0.15) is 0 Å². The Balaban J connectivity index is 1.70. The van der Waals surface area contributed by atoms with Gasteiger partial charge in [-0.3, -0.25) is 9.59 Å². The number of amides is 2. The monoisotopic (exact) mass is 448 g/mol. The topological polar surface area (TPSA) is 49.9 Å². The summed E-state index contributed by atoms with van der Waals surface area (Å²) in [6.45, 7) is 5.10. The maximum absolute atomic E-state index is 13.3. The van der Waals surface area contributed by atoms with Crippen LogP contribution in [0.25, 0.3) is 0 Å². The normalized spacial score (nSPS) is 10.4. The lowest BCUT2D eigenvalue weighted by atomic mass is 10.1. The quantitative estimate of drug-likeness (QED) is 0.405. The fraction of sp³-hybridized carbons (Fsp3) is 0.231. The zero-order chi connectivity index (χ0) is 22.8. The standard InChI is InChI=1S/C26H28N2O3S/c1-3-15-27(25(29)17-21-11-13-23(31-2)14-12-21)20-26(30)28(19-24-10-7-16-32-24)18-22-8-5-4-6-9-22/h3-14,16H,1,15,17-20H2,2H3. The second kappa shape index (κ2) is 11.9. The predicted molar refractivity (Wildman–Crippen MR) is 128 cm³/mol. The summed E-state index contributed by atoms with van der Waals surface area (Å²) in [6, 6.07) is 21.3. The second-order valence-corrected chi connectivity index (χ2v) is 8.43. The highest BCUT2D eigenvalue weighted by molar-refractivity contribution is 7.09. The molecule has 2 aromatic carbocycles.